The number of rotatable bonds is 5. The number of hydrogen-bond acceptors (Lipinski definition) is 3. The van der Waals surface area contributed by atoms with Crippen LogP contribution >= 0.6 is 24.0 Å². The minimum absolute atomic E-state index is 0. The molecule has 0 unspecified atom stereocenters. The van der Waals surface area contributed by atoms with Crippen LogP contribution in [0.15, 0.2) is 52.1 Å². The molecular formula is C20H27IN4O2. The summed E-state index contributed by atoms with van der Waals surface area (Å²) < 4.78 is 5.09. The number of benzene rings is 1. The zero-order valence-corrected chi connectivity index (χ0v) is 17.9. The molecule has 0 saturated heterocycles. The highest BCUT2D eigenvalue weighted by Crippen LogP contribution is 2.17. The third-order valence-electron chi connectivity index (χ3n) is 4.59. The average Bonchev–Trinajstić information content (AvgIpc) is 3.22. The number of aliphatic imine (C=N–C) groups is 1. The van der Waals surface area contributed by atoms with E-state index in [0.29, 0.717) is 18.3 Å². The highest BCUT2D eigenvalue weighted by Gasteiger charge is 2.14. The van der Waals surface area contributed by atoms with E-state index in [4.69, 9.17) is 4.42 Å². The summed E-state index contributed by atoms with van der Waals surface area (Å²) in [5.74, 6) is 0.887. The van der Waals surface area contributed by atoms with Crippen LogP contribution in [0, 0.1) is 0 Å². The molecule has 3 rings (SSSR count). The Bertz CT molecular complexity index is 723. The molecule has 1 saturated carbocycles. The first kappa shape index (κ1) is 21.3. The van der Waals surface area contributed by atoms with Crippen molar-refractivity contribution in [3.8, 4) is 0 Å². The van der Waals surface area contributed by atoms with Gasteiger partial charge in [0, 0.05) is 25.3 Å². The lowest BCUT2D eigenvalue weighted by Crippen LogP contribution is -2.43. The van der Waals surface area contributed by atoms with Crippen LogP contribution in [0.1, 0.15) is 48.2 Å². The fourth-order valence-electron chi connectivity index (χ4n) is 3.13. The van der Waals surface area contributed by atoms with Gasteiger partial charge in [0.15, 0.2) is 11.7 Å². The average molecular weight is 482 g/mol. The fourth-order valence-corrected chi connectivity index (χ4v) is 3.13. The van der Waals surface area contributed by atoms with Gasteiger partial charge in [0.05, 0.1) is 6.26 Å². The number of furan rings is 1. The number of guanidine groups is 1. The predicted molar refractivity (Wildman–Crippen MR) is 119 cm³/mol. The Kier molecular flexibility index (Phi) is 8.63. The maximum absolute atomic E-state index is 12.0. The molecule has 3 N–H and O–H groups in total. The Hall–Kier alpha value is -2.03. The molecule has 27 heavy (non-hydrogen) atoms. The van der Waals surface area contributed by atoms with Gasteiger partial charge in [-0.15, -0.1) is 24.0 Å². The Morgan fingerprint density at radius 3 is 2.52 bits per heavy atom. The lowest BCUT2D eigenvalue weighted by Gasteiger charge is -2.24. The fraction of sp³-hybridized carbons (Fsp3) is 0.400. The van der Waals surface area contributed by atoms with Crippen molar-refractivity contribution >= 4 is 41.5 Å². The molecule has 0 aliphatic heterocycles. The van der Waals surface area contributed by atoms with Gasteiger partial charge in [-0.05, 0) is 42.7 Å². The number of carbonyl (C=O) groups excluding carboxylic acids is 1. The second kappa shape index (κ2) is 11.0. The maximum atomic E-state index is 12.0. The second-order valence-electron chi connectivity index (χ2n) is 6.53. The Morgan fingerprint density at radius 1 is 1.15 bits per heavy atom. The van der Waals surface area contributed by atoms with E-state index < -0.39 is 0 Å². The molecule has 7 heteroatoms. The summed E-state index contributed by atoms with van der Waals surface area (Å²) in [6, 6.07) is 11.6. The van der Waals surface area contributed by atoms with Crippen molar-refractivity contribution in [2.75, 3.05) is 12.4 Å². The minimum atomic E-state index is -0.252. The van der Waals surface area contributed by atoms with Crippen molar-refractivity contribution in [1.29, 1.82) is 0 Å². The van der Waals surface area contributed by atoms with Crippen molar-refractivity contribution in [2.24, 2.45) is 4.99 Å². The van der Waals surface area contributed by atoms with Crippen LogP contribution in [0.4, 0.5) is 5.69 Å². The van der Waals surface area contributed by atoms with Gasteiger partial charge in [-0.25, -0.2) is 0 Å². The summed E-state index contributed by atoms with van der Waals surface area (Å²) in [6.45, 7) is 0.679. The molecule has 0 radical (unpaired) electrons. The van der Waals surface area contributed by atoms with E-state index in [1.165, 1.54) is 38.4 Å². The van der Waals surface area contributed by atoms with Crippen molar-refractivity contribution < 1.29 is 9.21 Å². The molecule has 1 aromatic heterocycles. The zero-order valence-electron chi connectivity index (χ0n) is 15.5. The maximum Gasteiger partial charge on any atom is 0.291 e. The van der Waals surface area contributed by atoms with Crippen molar-refractivity contribution in [3.63, 3.8) is 0 Å². The van der Waals surface area contributed by atoms with Gasteiger partial charge in [0.25, 0.3) is 5.91 Å². The van der Waals surface area contributed by atoms with Crippen LogP contribution in [0.2, 0.25) is 0 Å². The Morgan fingerprint density at radius 2 is 1.89 bits per heavy atom. The van der Waals surface area contributed by atoms with Crippen LogP contribution in [0.25, 0.3) is 0 Å². The highest BCUT2D eigenvalue weighted by atomic mass is 127. The van der Waals surface area contributed by atoms with Crippen LogP contribution in [-0.2, 0) is 6.54 Å². The molecule has 0 spiro atoms. The third-order valence-corrected chi connectivity index (χ3v) is 4.59. The number of nitrogens with zero attached hydrogens (tertiary/aromatic N) is 1. The van der Waals surface area contributed by atoms with E-state index in [1.807, 2.05) is 24.3 Å². The van der Waals surface area contributed by atoms with E-state index >= 15 is 0 Å². The van der Waals surface area contributed by atoms with E-state index in [0.717, 1.165) is 17.2 Å². The number of anilines is 1. The van der Waals surface area contributed by atoms with Crippen LogP contribution in [-0.4, -0.2) is 25.0 Å². The van der Waals surface area contributed by atoms with E-state index in [2.05, 4.69) is 20.9 Å². The summed E-state index contributed by atoms with van der Waals surface area (Å²) in [4.78, 5) is 16.3. The minimum Gasteiger partial charge on any atom is -0.459 e. The molecule has 1 aliphatic rings. The summed E-state index contributed by atoms with van der Waals surface area (Å²) in [5.41, 5.74) is 1.85. The van der Waals surface area contributed by atoms with Crippen LogP contribution in [0.5, 0.6) is 0 Å². The Labute approximate surface area is 177 Å². The first-order valence-electron chi connectivity index (χ1n) is 9.15. The standard InChI is InChI=1S/C20H26N4O2.HI/c1-21-20(24-16-6-3-2-4-7-16)22-14-15-9-11-17(12-10-15)23-19(25)18-8-5-13-26-18;/h5,8-13,16H,2-4,6-7,14H2,1H3,(H,23,25)(H2,21,22,24);1H. The zero-order chi connectivity index (χ0) is 18.2. The summed E-state index contributed by atoms with van der Waals surface area (Å²) in [5, 5.41) is 9.67. The Balaban J connectivity index is 0.00000261. The normalized spacial score (nSPS) is 14.9. The summed E-state index contributed by atoms with van der Waals surface area (Å²) >= 11 is 0. The lowest BCUT2D eigenvalue weighted by atomic mass is 9.96. The topological polar surface area (TPSA) is 78.7 Å². The second-order valence-corrected chi connectivity index (χ2v) is 6.53. The number of hydrogen-bond donors (Lipinski definition) is 3. The van der Waals surface area contributed by atoms with E-state index in [1.54, 1.807) is 19.2 Å². The molecule has 1 heterocycles. The quantitative estimate of drug-likeness (QED) is 0.340. The molecule has 1 aromatic carbocycles. The van der Waals surface area contributed by atoms with Crippen molar-refractivity contribution in [3.05, 3.63) is 54.0 Å². The number of halogens is 1. The molecule has 1 fully saturated rings. The lowest BCUT2D eigenvalue weighted by molar-refractivity contribution is 0.0996. The largest absolute Gasteiger partial charge is 0.459 e. The molecule has 0 bridgehead atoms. The van der Waals surface area contributed by atoms with Crippen LogP contribution in [0.3, 0.4) is 0 Å². The molecule has 2 aromatic rings. The molecule has 0 atom stereocenters. The monoisotopic (exact) mass is 482 g/mol. The number of nitrogens with one attached hydrogen (secondary N) is 3. The van der Waals surface area contributed by atoms with Gasteiger partial charge in [0.1, 0.15) is 0 Å². The molecule has 6 nitrogen and oxygen atoms in total. The molecule has 1 amide bonds. The summed E-state index contributed by atoms with van der Waals surface area (Å²) in [7, 11) is 1.80. The smallest absolute Gasteiger partial charge is 0.291 e. The molecule has 146 valence electrons. The highest BCUT2D eigenvalue weighted by molar-refractivity contribution is 14.0. The molecular weight excluding hydrogens is 455 g/mol. The van der Waals surface area contributed by atoms with E-state index in [-0.39, 0.29) is 29.9 Å². The third kappa shape index (κ3) is 6.57. The first-order valence-corrected chi connectivity index (χ1v) is 9.15. The van der Waals surface area contributed by atoms with Gasteiger partial charge in [-0.3, -0.25) is 9.79 Å². The van der Waals surface area contributed by atoms with Gasteiger partial charge >= 0.3 is 0 Å². The van der Waals surface area contributed by atoms with Gasteiger partial charge in [-0.1, -0.05) is 31.4 Å². The summed E-state index contributed by atoms with van der Waals surface area (Å²) in [6.07, 6.45) is 7.83. The first-order chi connectivity index (χ1) is 12.7. The number of carbonyl (C=O) groups is 1. The van der Waals surface area contributed by atoms with Gasteiger partial charge in [0.2, 0.25) is 0 Å². The van der Waals surface area contributed by atoms with Crippen LogP contribution < -0.4 is 16.0 Å². The van der Waals surface area contributed by atoms with Crippen molar-refractivity contribution in [1.82, 2.24) is 10.6 Å². The predicted octanol–water partition coefficient (Wildman–Crippen LogP) is 4.15. The number of amides is 1. The van der Waals surface area contributed by atoms with E-state index in [9.17, 15) is 4.79 Å². The SMILES string of the molecule is CN=C(NCc1ccc(NC(=O)c2ccco2)cc1)NC1CCCCC1.I. The van der Waals surface area contributed by atoms with Crippen molar-refractivity contribution in [2.45, 2.75) is 44.7 Å². The van der Waals surface area contributed by atoms with Gasteiger partial charge in [-0.2, -0.15) is 0 Å². The molecule has 1 aliphatic carbocycles. The van der Waals surface area contributed by atoms with Gasteiger partial charge < -0.3 is 20.4 Å².